The van der Waals surface area contributed by atoms with Crippen LogP contribution in [0.15, 0.2) is 72.8 Å². The third-order valence-corrected chi connectivity index (χ3v) is 7.36. The highest BCUT2D eigenvalue weighted by atomic mass is 16.5. The molecule has 0 spiro atoms. The zero-order chi connectivity index (χ0) is 35.0. The summed E-state index contributed by atoms with van der Waals surface area (Å²) in [5.41, 5.74) is 8.04. The Labute approximate surface area is 275 Å². The molecule has 0 saturated carbocycles. The number of anilines is 2. The molecule has 2 aliphatic heterocycles. The van der Waals surface area contributed by atoms with Crippen LogP contribution >= 0.6 is 0 Å². The molecule has 4 heterocycles. The summed E-state index contributed by atoms with van der Waals surface area (Å²) in [6, 6.07) is 22.9. The van der Waals surface area contributed by atoms with Gasteiger partial charge in [0.15, 0.2) is 0 Å². The second-order valence-electron chi connectivity index (χ2n) is 10.5. The van der Waals surface area contributed by atoms with E-state index in [2.05, 4.69) is 10.3 Å². The number of nitriles is 2. The van der Waals surface area contributed by atoms with Gasteiger partial charge in [0.1, 0.15) is 71.7 Å². The maximum atomic E-state index is 12.6. The summed E-state index contributed by atoms with van der Waals surface area (Å²) in [6.07, 6.45) is 0. The molecule has 15 nitrogen and oxygen atoms in total. The van der Waals surface area contributed by atoms with Crippen molar-refractivity contribution >= 4 is 35.1 Å². The van der Waals surface area contributed by atoms with E-state index in [1.165, 1.54) is 26.5 Å². The van der Waals surface area contributed by atoms with E-state index >= 15 is 0 Å². The van der Waals surface area contributed by atoms with Gasteiger partial charge in [0, 0.05) is 21.1 Å². The van der Waals surface area contributed by atoms with Crippen LogP contribution in [0.5, 0.6) is 11.5 Å². The number of nitrogens with zero attached hydrogens (tertiary/aromatic N) is 5. The Kier molecular flexibility index (Phi) is 10.8. The Morgan fingerprint density at radius 1 is 0.854 bits per heavy atom. The normalized spacial score (nSPS) is 16.3. The molecule has 5 N–H and O–H groups in total. The Hall–Kier alpha value is -6.58. The van der Waals surface area contributed by atoms with Crippen LogP contribution in [0.25, 0.3) is 0 Å². The first-order chi connectivity index (χ1) is 23.0. The zero-order valence-corrected chi connectivity index (χ0v) is 26.2. The molecule has 4 aromatic rings. The Morgan fingerprint density at radius 3 is 1.96 bits per heavy atom. The number of aromatic amines is 1. The van der Waals surface area contributed by atoms with Gasteiger partial charge in [0.25, 0.3) is 11.8 Å². The molecule has 48 heavy (non-hydrogen) atoms. The molecule has 0 unspecified atom stereocenters. The predicted molar refractivity (Wildman–Crippen MR) is 173 cm³/mol. The summed E-state index contributed by atoms with van der Waals surface area (Å²) < 4.78 is 12.6. The van der Waals surface area contributed by atoms with Crippen molar-refractivity contribution in [3.05, 3.63) is 95.6 Å². The van der Waals surface area contributed by atoms with Crippen LogP contribution in [0.2, 0.25) is 0 Å². The Morgan fingerprint density at radius 2 is 1.44 bits per heavy atom. The van der Waals surface area contributed by atoms with Gasteiger partial charge in [-0.2, -0.15) is 10.5 Å². The first-order valence-electron chi connectivity index (χ1n) is 14.4. The number of carboxylic acids is 1. The summed E-state index contributed by atoms with van der Waals surface area (Å²) in [6.45, 7) is 0.279. The number of hydrogen-bond donors (Lipinski definition) is 4. The van der Waals surface area contributed by atoms with Crippen molar-refractivity contribution in [2.45, 2.75) is 12.1 Å². The number of nitrogens with two attached hydrogens (primary N) is 1. The number of ether oxygens (including phenoxy) is 2. The lowest BCUT2D eigenvalue weighted by Gasteiger charge is -2.20. The summed E-state index contributed by atoms with van der Waals surface area (Å²) in [5, 5.41) is 28.3. The molecule has 2 aromatic carbocycles. The summed E-state index contributed by atoms with van der Waals surface area (Å²) >= 11 is 0. The Bertz CT molecular complexity index is 1920. The topological polar surface area (TPSA) is 220 Å². The second kappa shape index (κ2) is 15.1. The van der Waals surface area contributed by atoms with Crippen molar-refractivity contribution in [1.82, 2.24) is 14.9 Å². The lowest BCUT2D eigenvalue weighted by Crippen LogP contribution is -2.49. The number of amides is 3. The van der Waals surface area contributed by atoms with Crippen molar-refractivity contribution in [3.8, 4) is 23.6 Å². The van der Waals surface area contributed by atoms with E-state index in [9.17, 15) is 19.2 Å². The molecule has 2 aliphatic rings. The van der Waals surface area contributed by atoms with E-state index < -0.39 is 24.0 Å². The zero-order valence-electron chi connectivity index (χ0n) is 26.2. The number of nitrogens with one attached hydrogen (secondary N) is 2. The van der Waals surface area contributed by atoms with Crippen molar-refractivity contribution in [2.24, 2.45) is 12.8 Å². The minimum Gasteiger partial charge on any atom is -0.489 e. The van der Waals surface area contributed by atoms with E-state index in [0.29, 0.717) is 28.6 Å². The van der Waals surface area contributed by atoms with Crippen molar-refractivity contribution < 1.29 is 33.8 Å². The van der Waals surface area contributed by atoms with Gasteiger partial charge in [-0.1, -0.05) is 24.3 Å². The molecular weight excluding hydrogens is 620 g/mol. The highest BCUT2D eigenvalue weighted by Gasteiger charge is 2.31. The van der Waals surface area contributed by atoms with E-state index in [1.54, 1.807) is 51.5 Å². The number of carboxylic acid groups (broad SMARTS) is 1. The fourth-order valence-corrected chi connectivity index (χ4v) is 4.70. The maximum absolute atomic E-state index is 12.6. The van der Waals surface area contributed by atoms with Gasteiger partial charge >= 0.3 is 5.97 Å². The Balaban J connectivity index is 0.000000182. The van der Waals surface area contributed by atoms with Crippen LogP contribution in [0.4, 0.5) is 11.4 Å². The minimum atomic E-state index is -1.05. The van der Waals surface area contributed by atoms with Crippen LogP contribution in [0.1, 0.15) is 32.4 Å². The molecule has 15 heteroatoms. The lowest BCUT2D eigenvalue weighted by atomic mass is 10.2. The number of aromatic nitrogens is 2. The van der Waals surface area contributed by atoms with Crippen molar-refractivity contribution in [3.63, 3.8) is 0 Å². The fourth-order valence-electron chi connectivity index (χ4n) is 4.70. The van der Waals surface area contributed by atoms with Gasteiger partial charge in [0.2, 0.25) is 5.91 Å². The quantitative estimate of drug-likeness (QED) is 0.252. The highest BCUT2D eigenvalue weighted by Crippen LogP contribution is 2.30. The standard InChI is InChI=1S/C17H16N4O3.C10H12N2O2.C6H4N2O2/c1-20-11(9-18)7-8-14(20)16(22)19-12-10-24-15-6-4-3-5-13(15)21(2)17(12)23;1-12-8-4-2-3-5-9(8)14-6-7(11)10(12)13;7-3-4-1-2-5(8-4)6(9)10/h3-8,12H,10H2,1-2H3,(H,19,22);2-5,7H,6,11H2,1H3;1-2,8H,(H,9,10)/t12-;7-;/m00./s1. The molecule has 2 atom stereocenters. The number of rotatable bonds is 3. The average molecular weight is 653 g/mol. The molecule has 0 radical (unpaired) electrons. The van der Waals surface area contributed by atoms with Crippen LogP contribution in [-0.4, -0.2) is 77.7 Å². The molecule has 2 aromatic heterocycles. The number of benzene rings is 2. The predicted octanol–water partition coefficient (Wildman–Crippen LogP) is 2.00. The van der Waals surface area contributed by atoms with Crippen LogP contribution in [-0.2, 0) is 16.6 Å². The molecule has 3 amide bonds. The monoisotopic (exact) mass is 652 g/mol. The van der Waals surface area contributed by atoms with Gasteiger partial charge in [-0.15, -0.1) is 0 Å². The van der Waals surface area contributed by atoms with Crippen molar-refractivity contribution in [1.29, 1.82) is 10.5 Å². The molecule has 246 valence electrons. The number of likely N-dealkylation sites (N-methyl/N-ethyl adjacent to an activating group) is 2. The number of para-hydroxylation sites is 4. The summed E-state index contributed by atoms with van der Waals surface area (Å²) in [7, 11) is 4.97. The molecule has 0 aliphatic carbocycles. The SMILES string of the molecule is CN1C(=O)[C@@H](N)COc2ccccc21.CN1C(=O)[C@@H](NC(=O)c2ccc(C#N)n2C)COc2ccccc21.N#Cc1ccc(C(=O)O)[nH]1. The van der Waals surface area contributed by atoms with Gasteiger partial charge < -0.3 is 45.0 Å². The minimum absolute atomic E-state index is 0.0385. The number of aromatic carboxylic acids is 1. The van der Waals surface area contributed by atoms with Gasteiger partial charge in [-0.25, -0.2) is 4.79 Å². The van der Waals surface area contributed by atoms with Gasteiger partial charge in [-0.05, 0) is 48.5 Å². The van der Waals surface area contributed by atoms with Crippen LogP contribution < -0.4 is 30.3 Å². The van der Waals surface area contributed by atoms with E-state index in [4.69, 9.17) is 30.8 Å². The third-order valence-electron chi connectivity index (χ3n) is 7.36. The number of H-pyrrole nitrogens is 1. The summed E-state index contributed by atoms with van der Waals surface area (Å²) in [4.78, 5) is 52.3. The van der Waals surface area contributed by atoms with E-state index in [0.717, 1.165) is 5.69 Å². The molecular formula is C33H32N8O7. The fraction of sp³-hybridized carbons (Fsp3) is 0.212. The number of fused-ring (bicyclic) bond motifs is 2. The second-order valence-corrected chi connectivity index (χ2v) is 10.5. The summed E-state index contributed by atoms with van der Waals surface area (Å²) in [5.74, 6) is -0.563. The molecule has 6 rings (SSSR count). The maximum Gasteiger partial charge on any atom is 0.352 e. The molecule has 0 bridgehead atoms. The number of hydrogen-bond acceptors (Lipinski definition) is 9. The number of carbonyl (C=O) groups is 4. The first-order valence-corrected chi connectivity index (χ1v) is 14.4. The number of carbonyl (C=O) groups excluding carboxylic acids is 3. The van der Waals surface area contributed by atoms with Crippen molar-refractivity contribution in [2.75, 3.05) is 37.1 Å². The lowest BCUT2D eigenvalue weighted by molar-refractivity contribution is -0.120. The van der Waals surface area contributed by atoms with E-state index in [1.807, 2.05) is 42.5 Å². The average Bonchev–Trinajstić information content (AvgIpc) is 3.70. The highest BCUT2D eigenvalue weighted by molar-refractivity contribution is 6.03. The largest absolute Gasteiger partial charge is 0.489 e. The van der Waals surface area contributed by atoms with Gasteiger partial charge in [0.05, 0.1) is 11.4 Å². The first kappa shape index (κ1) is 34.3. The third kappa shape index (κ3) is 7.61. The van der Waals surface area contributed by atoms with E-state index in [-0.39, 0.29) is 36.4 Å². The van der Waals surface area contributed by atoms with Gasteiger partial charge in [-0.3, -0.25) is 14.4 Å². The van der Waals surface area contributed by atoms with Crippen LogP contribution in [0, 0.1) is 22.7 Å². The molecule has 0 saturated heterocycles. The smallest absolute Gasteiger partial charge is 0.352 e. The van der Waals surface area contributed by atoms with Crippen LogP contribution in [0.3, 0.4) is 0 Å². The molecule has 0 fully saturated rings.